The molecule has 2 aliphatic heterocycles. The van der Waals surface area contributed by atoms with Crippen molar-refractivity contribution in [1.82, 2.24) is 9.58 Å². The van der Waals surface area contributed by atoms with Crippen LogP contribution in [-0.4, -0.2) is 45.1 Å². The monoisotopic (exact) mass is 477 g/mol. The van der Waals surface area contributed by atoms with Crippen LogP contribution in [0.4, 0.5) is 13.2 Å². The molecule has 3 heterocycles. The van der Waals surface area contributed by atoms with Gasteiger partial charge in [0.25, 0.3) is 5.91 Å². The average molecular weight is 477 g/mol. The Morgan fingerprint density at radius 1 is 1.18 bits per heavy atom. The fourth-order valence-corrected chi connectivity index (χ4v) is 4.82. The van der Waals surface area contributed by atoms with Gasteiger partial charge in [-0.05, 0) is 39.0 Å². The Morgan fingerprint density at radius 2 is 1.82 bits per heavy atom. The molecular formula is C24H26F3N3O4. The van der Waals surface area contributed by atoms with E-state index in [-0.39, 0.29) is 23.5 Å². The zero-order valence-corrected chi connectivity index (χ0v) is 19.1. The second-order valence-corrected chi connectivity index (χ2v) is 9.26. The molecule has 2 atom stereocenters. The van der Waals surface area contributed by atoms with Crippen LogP contribution in [0.15, 0.2) is 23.1 Å². The number of amides is 1. The number of fused-ring (bicyclic) bond motifs is 3. The predicted octanol–water partition coefficient (Wildman–Crippen LogP) is 3.34. The normalized spacial score (nSPS) is 19.9. The predicted molar refractivity (Wildman–Crippen MR) is 118 cm³/mol. The van der Waals surface area contributed by atoms with Crippen LogP contribution in [0.2, 0.25) is 0 Å². The molecule has 0 bridgehead atoms. The molecule has 1 N–H and O–H groups in total. The Kier molecular flexibility index (Phi) is 6.18. The lowest BCUT2D eigenvalue weighted by atomic mass is 9.94. The zero-order valence-electron chi connectivity index (χ0n) is 19.1. The molecule has 34 heavy (non-hydrogen) atoms. The minimum atomic E-state index is -1.13. The van der Waals surface area contributed by atoms with Crippen LogP contribution in [0.3, 0.4) is 0 Å². The topological polar surface area (TPSA) is 82.9 Å². The number of benzene rings is 1. The average Bonchev–Trinajstić information content (AvgIpc) is 2.74. The van der Waals surface area contributed by atoms with Crippen molar-refractivity contribution in [3.05, 3.63) is 62.8 Å². The molecular weight excluding hydrogens is 451 g/mol. The van der Waals surface area contributed by atoms with Crippen LogP contribution in [0.1, 0.15) is 66.4 Å². The van der Waals surface area contributed by atoms with Crippen molar-refractivity contribution in [2.45, 2.75) is 58.7 Å². The van der Waals surface area contributed by atoms with Crippen molar-refractivity contribution in [3.63, 3.8) is 0 Å². The number of piperidine rings is 1. The van der Waals surface area contributed by atoms with Crippen molar-refractivity contribution < 1.29 is 27.9 Å². The van der Waals surface area contributed by atoms with E-state index in [2.05, 4.69) is 6.92 Å². The summed E-state index contributed by atoms with van der Waals surface area (Å²) >= 11 is 0. The lowest BCUT2D eigenvalue weighted by molar-refractivity contribution is 0.0385. The van der Waals surface area contributed by atoms with E-state index in [1.54, 1.807) is 4.90 Å². The number of carbonyl (C=O) groups is 2. The Bertz CT molecular complexity index is 1200. The smallest absolute Gasteiger partial charge is 0.278 e. The van der Waals surface area contributed by atoms with Gasteiger partial charge >= 0.3 is 0 Å². The van der Waals surface area contributed by atoms with Gasteiger partial charge < -0.3 is 10.0 Å². The van der Waals surface area contributed by atoms with Crippen molar-refractivity contribution >= 4 is 11.7 Å². The standard InChI is InChI=1S/C24H26F3N3O4/c1-12(2)30-20-8-13(3)6-7-28(20)29-11-16(22(32)23(33)21(29)24(30)34)19(31)5-4-15-17(26)9-14(25)10-18(15)27/h9-13,20,33H,4-8H2,1-3H3/t13-,20-/m1/s1. The maximum atomic E-state index is 13.9. The molecule has 0 aliphatic carbocycles. The summed E-state index contributed by atoms with van der Waals surface area (Å²) in [4.78, 5) is 40.6. The van der Waals surface area contributed by atoms with E-state index in [1.807, 2.05) is 18.9 Å². The van der Waals surface area contributed by atoms with Crippen LogP contribution in [0.25, 0.3) is 0 Å². The summed E-state index contributed by atoms with van der Waals surface area (Å²) in [6.45, 7) is 6.33. The Labute approximate surface area is 194 Å². The summed E-state index contributed by atoms with van der Waals surface area (Å²) in [5, 5.41) is 12.5. The molecule has 1 saturated heterocycles. The van der Waals surface area contributed by atoms with Crippen molar-refractivity contribution in [2.24, 2.45) is 5.92 Å². The summed E-state index contributed by atoms with van der Waals surface area (Å²) in [7, 11) is 0. The molecule has 2 aromatic rings. The van der Waals surface area contributed by atoms with Crippen molar-refractivity contribution in [3.8, 4) is 5.75 Å². The van der Waals surface area contributed by atoms with Gasteiger partial charge in [0.1, 0.15) is 23.6 Å². The SMILES string of the molecule is CC(C)N1C(=O)c2c(O)c(=O)c(C(=O)CCc3c(F)cc(F)cc3F)cn2N2CC[C@@H](C)C[C@@H]12. The minimum Gasteiger partial charge on any atom is -0.502 e. The number of carbonyl (C=O) groups excluding carboxylic acids is 2. The summed E-state index contributed by atoms with van der Waals surface area (Å²) in [5.74, 6) is -5.06. The summed E-state index contributed by atoms with van der Waals surface area (Å²) in [6, 6.07) is 0.855. The van der Waals surface area contributed by atoms with E-state index in [9.17, 15) is 32.7 Å². The maximum Gasteiger partial charge on any atom is 0.278 e. The highest BCUT2D eigenvalue weighted by molar-refractivity contribution is 6.00. The number of pyridine rings is 1. The van der Waals surface area contributed by atoms with Gasteiger partial charge in [-0.1, -0.05) is 6.92 Å². The first-order valence-electron chi connectivity index (χ1n) is 11.3. The third-order valence-corrected chi connectivity index (χ3v) is 6.57. The number of hydrogen-bond acceptors (Lipinski definition) is 5. The molecule has 1 aromatic carbocycles. The first-order chi connectivity index (χ1) is 16.0. The van der Waals surface area contributed by atoms with Crippen LogP contribution in [-0.2, 0) is 6.42 Å². The number of nitrogens with zero attached hydrogens (tertiary/aromatic N) is 3. The van der Waals surface area contributed by atoms with Gasteiger partial charge in [-0.15, -0.1) is 0 Å². The highest BCUT2D eigenvalue weighted by Gasteiger charge is 2.43. The number of aromatic hydroxyl groups is 1. The number of hydrogen-bond donors (Lipinski definition) is 1. The van der Waals surface area contributed by atoms with Crippen molar-refractivity contribution in [1.29, 1.82) is 0 Å². The fraction of sp³-hybridized carbons (Fsp3) is 0.458. The Balaban J connectivity index is 1.72. The summed E-state index contributed by atoms with van der Waals surface area (Å²) in [6.07, 6.45) is 1.58. The summed E-state index contributed by atoms with van der Waals surface area (Å²) in [5.41, 5.74) is -2.08. The third kappa shape index (κ3) is 3.95. The molecule has 1 fully saturated rings. The third-order valence-electron chi connectivity index (χ3n) is 6.57. The van der Waals surface area contributed by atoms with Crippen LogP contribution >= 0.6 is 0 Å². The summed E-state index contributed by atoms with van der Waals surface area (Å²) < 4.78 is 42.4. The van der Waals surface area contributed by atoms with Gasteiger partial charge in [0.15, 0.2) is 17.2 Å². The minimum absolute atomic E-state index is 0.185. The van der Waals surface area contributed by atoms with Crippen LogP contribution in [0.5, 0.6) is 5.75 Å². The highest BCUT2D eigenvalue weighted by atomic mass is 19.1. The first kappa shape index (κ1) is 23.8. The van der Waals surface area contributed by atoms with E-state index < -0.39 is 58.7 Å². The van der Waals surface area contributed by atoms with Gasteiger partial charge in [0.2, 0.25) is 5.43 Å². The maximum absolute atomic E-state index is 13.9. The molecule has 4 rings (SSSR count). The Hall–Kier alpha value is -3.30. The molecule has 7 nitrogen and oxygen atoms in total. The van der Waals surface area contributed by atoms with Crippen LogP contribution < -0.4 is 10.4 Å². The number of rotatable bonds is 5. The zero-order chi connectivity index (χ0) is 24.9. The van der Waals surface area contributed by atoms with Crippen molar-refractivity contribution in [2.75, 3.05) is 11.6 Å². The van der Waals surface area contributed by atoms with Gasteiger partial charge in [0, 0.05) is 42.9 Å². The van der Waals surface area contributed by atoms with E-state index in [0.29, 0.717) is 31.0 Å². The molecule has 2 aliphatic rings. The van der Waals surface area contributed by atoms with Crippen LogP contribution in [0, 0.1) is 23.4 Å². The highest BCUT2D eigenvalue weighted by Crippen LogP contribution is 2.33. The first-order valence-corrected chi connectivity index (χ1v) is 11.3. The number of Topliss-reactive ketones (excluding diaryl/α,β-unsaturated/α-hetero) is 1. The molecule has 182 valence electrons. The molecule has 10 heteroatoms. The molecule has 1 amide bonds. The van der Waals surface area contributed by atoms with E-state index in [0.717, 1.165) is 6.42 Å². The van der Waals surface area contributed by atoms with E-state index in [4.69, 9.17) is 0 Å². The lowest BCUT2D eigenvalue weighted by Gasteiger charge is -2.51. The molecule has 0 spiro atoms. The fourth-order valence-electron chi connectivity index (χ4n) is 4.82. The number of ketones is 1. The second-order valence-electron chi connectivity index (χ2n) is 9.26. The number of halogens is 3. The molecule has 1 aromatic heterocycles. The number of aromatic nitrogens is 1. The molecule has 0 radical (unpaired) electrons. The largest absolute Gasteiger partial charge is 0.502 e. The second kappa shape index (κ2) is 8.81. The van der Waals surface area contributed by atoms with Gasteiger partial charge in [-0.2, -0.15) is 0 Å². The van der Waals surface area contributed by atoms with Gasteiger partial charge in [-0.3, -0.25) is 24.1 Å². The van der Waals surface area contributed by atoms with Gasteiger partial charge in [-0.25, -0.2) is 13.2 Å². The molecule has 0 unspecified atom stereocenters. The van der Waals surface area contributed by atoms with E-state index in [1.165, 1.54) is 10.9 Å². The molecule has 0 saturated carbocycles. The Morgan fingerprint density at radius 3 is 2.44 bits per heavy atom. The quantitative estimate of drug-likeness (QED) is 0.668. The van der Waals surface area contributed by atoms with E-state index >= 15 is 0 Å². The van der Waals surface area contributed by atoms with Gasteiger partial charge in [0.05, 0.1) is 5.56 Å². The lowest BCUT2D eigenvalue weighted by Crippen LogP contribution is -2.65.